The van der Waals surface area contributed by atoms with E-state index in [1.807, 2.05) is 6.92 Å². The highest BCUT2D eigenvalue weighted by atomic mass is 32.2. The zero-order valence-electron chi connectivity index (χ0n) is 11.2. The normalized spacial score (nSPS) is 24.7. The molecule has 18 heavy (non-hydrogen) atoms. The van der Waals surface area contributed by atoms with Gasteiger partial charge in [0.15, 0.2) is 0 Å². The van der Waals surface area contributed by atoms with Crippen LogP contribution in [-0.4, -0.2) is 51.4 Å². The quantitative estimate of drug-likeness (QED) is 0.764. The van der Waals surface area contributed by atoms with E-state index in [-0.39, 0.29) is 24.0 Å². The van der Waals surface area contributed by atoms with Crippen LogP contribution in [0.4, 0.5) is 4.39 Å². The third-order valence-corrected chi connectivity index (χ3v) is 4.98. The maximum absolute atomic E-state index is 14.3. The van der Waals surface area contributed by atoms with Crippen LogP contribution in [0.1, 0.15) is 33.1 Å². The topological polar surface area (TPSA) is 55.4 Å². The summed E-state index contributed by atoms with van der Waals surface area (Å²) in [7, 11) is -3.10. The van der Waals surface area contributed by atoms with Crippen LogP contribution in [0.2, 0.25) is 0 Å². The molecule has 0 aromatic carbocycles. The first-order chi connectivity index (χ1) is 8.35. The first-order valence-electron chi connectivity index (χ1n) is 6.55. The van der Waals surface area contributed by atoms with E-state index in [4.69, 9.17) is 4.74 Å². The van der Waals surface area contributed by atoms with Crippen molar-refractivity contribution in [3.8, 4) is 0 Å². The fourth-order valence-electron chi connectivity index (χ4n) is 2.15. The molecule has 0 aromatic heterocycles. The van der Waals surface area contributed by atoms with Crippen molar-refractivity contribution in [3.05, 3.63) is 0 Å². The molecule has 0 amide bonds. The van der Waals surface area contributed by atoms with Gasteiger partial charge in [-0.2, -0.15) is 0 Å². The van der Waals surface area contributed by atoms with Gasteiger partial charge in [-0.05, 0) is 26.2 Å². The fourth-order valence-corrected chi connectivity index (χ4v) is 3.71. The molecule has 1 aliphatic heterocycles. The molecule has 2 atom stereocenters. The van der Waals surface area contributed by atoms with E-state index in [0.29, 0.717) is 26.1 Å². The van der Waals surface area contributed by atoms with Gasteiger partial charge in [0.25, 0.3) is 0 Å². The maximum atomic E-state index is 14.3. The molecular weight excluding hydrogens is 257 g/mol. The Balaban J connectivity index is 2.38. The fraction of sp³-hybridized carbons (Fsp3) is 1.00. The van der Waals surface area contributed by atoms with Crippen LogP contribution in [0.3, 0.4) is 0 Å². The van der Waals surface area contributed by atoms with Gasteiger partial charge in [-0.25, -0.2) is 12.8 Å². The number of hydrogen-bond acceptors (Lipinski definition) is 4. The molecule has 6 heteroatoms. The van der Waals surface area contributed by atoms with Gasteiger partial charge >= 0.3 is 0 Å². The van der Waals surface area contributed by atoms with Crippen LogP contribution in [0, 0.1) is 0 Å². The molecule has 1 rings (SSSR count). The van der Waals surface area contributed by atoms with Crippen LogP contribution in [0.15, 0.2) is 0 Å². The van der Waals surface area contributed by atoms with Crippen molar-refractivity contribution in [2.75, 3.05) is 31.3 Å². The molecule has 0 spiro atoms. The second-order valence-electron chi connectivity index (χ2n) is 5.25. The minimum Gasteiger partial charge on any atom is -0.379 e. The van der Waals surface area contributed by atoms with Crippen molar-refractivity contribution in [1.29, 1.82) is 0 Å². The predicted octanol–water partition coefficient (Wildman–Crippen LogP) is 1.31. The Morgan fingerprint density at radius 1 is 1.44 bits per heavy atom. The average Bonchev–Trinajstić information content (AvgIpc) is 2.28. The van der Waals surface area contributed by atoms with Crippen LogP contribution in [-0.2, 0) is 14.6 Å². The molecule has 1 aliphatic rings. The lowest BCUT2D eigenvalue weighted by Gasteiger charge is -2.29. The van der Waals surface area contributed by atoms with Gasteiger partial charge in [-0.15, -0.1) is 0 Å². The number of nitrogens with one attached hydrogen (secondary N) is 1. The molecule has 2 unspecified atom stereocenters. The number of sulfone groups is 1. The Kier molecular flexibility index (Phi) is 6.01. The molecule has 0 saturated carbocycles. The molecule has 0 aliphatic carbocycles. The second kappa shape index (κ2) is 6.82. The monoisotopic (exact) mass is 281 g/mol. The number of ether oxygens (including phenoxy) is 1. The van der Waals surface area contributed by atoms with Gasteiger partial charge < -0.3 is 10.1 Å². The van der Waals surface area contributed by atoms with Gasteiger partial charge in [-0.3, -0.25) is 0 Å². The Morgan fingerprint density at radius 2 is 2.17 bits per heavy atom. The molecule has 1 saturated heterocycles. The van der Waals surface area contributed by atoms with Crippen LogP contribution >= 0.6 is 0 Å². The zero-order valence-corrected chi connectivity index (χ0v) is 12.1. The van der Waals surface area contributed by atoms with E-state index in [2.05, 4.69) is 5.32 Å². The number of hydrogen-bond donors (Lipinski definition) is 1. The van der Waals surface area contributed by atoms with Crippen LogP contribution in [0.5, 0.6) is 0 Å². The number of alkyl halides is 1. The van der Waals surface area contributed by atoms with Crippen molar-refractivity contribution in [3.63, 3.8) is 0 Å². The summed E-state index contributed by atoms with van der Waals surface area (Å²) < 4.78 is 42.7. The van der Waals surface area contributed by atoms with E-state index < -0.39 is 15.5 Å². The van der Waals surface area contributed by atoms with Crippen molar-refractivity contribution < 1.29 is 17.5 Å². The maximum Gasteiger partial charge on any atom is 0.150 e. The molecule has 0 aromatic rings. The van der Waals surface area contributed by atoms with E-state index in [1.54, 1.807) is 0 Å². The summed E-state index contributed by atoms with van der Waals surface area (Å²) in [5, 5.41) is 3.18. The first-order valence-corrected chi connectivity index (χ1v) is 8.37. The molecule has 1 heterocycles. The third-order valence-electron chi connectivity index (χ3n) is 3.12. The predicted molar refractivity (Wildman–Crippen MR) is 70.3 cm³/mol. The van der Waals surface area contributed by atoms with Crippen molar-refractivity contribution in [1.82, 2.24) is 5.32 Å². The van der Waals surface area contributed by atoms with Crippen LogP contribution in [0.25, 0.3) is 0 Å². The summed E-state index contributed by atoms with van der Waals surface area (Å²) >= 11 is 0. The molecule has 0 radical (unpaired) electrons. The van der Waals surface area contributed by atoms with E-state index in [0.717, 1.165) is 6.54 Å². The summed E-state index contributed by atoms with van der Waals surface area (Å²) in [5.41, 5.74) is -1.46. The van der Waals surface area contributed by atoms with Gasteiger partial charge in [0.2, 0.25) is 0 Å². The summed E-state index contributed by atoms with van der Waals surface area (Å²) in [6.45, 7) is 5.18. The lowest BCUT2D eigenvalue weighted by molar-refractivity contribution is 0.0474. The van der Waals surface area contributed by atoms with Crippen LogP contribution < -0.4 is 5.32 Å². The highest BCUT2D eigenvalue weighted by Gasteiger charge is 2.30. The number of rotatable bonds is 7. The minimum atomic E-state index is -3.10. The summed E-state index contributed by atoms with van der Waals surface area (Å²) in [4.78, 5) is 0. The zero-order chi connectivity index (χ0) is 13.6. The van der Waals surface area contributed by atoms with Crippen molar-refractivity contribution in [2.24, 2.45) is 0 Å². The Bertz CT molecular complexity index is 337. The molecule has 108 valence electrons. The Hall–Kier alpha value is -0.200. The van der Waals surface area contributed by atoms with E-state index >= 15 is 0 Å². The van der Waals surface area contributed by atoms with Gasteiger partial charge in [0.05, 0.1) is 19.0 Å². The molecular formula is C12H24FNO3S. The van der Waals surface area contributed by atoms with Crippen molar-refractivity contribution >= 4 is 9.84 Å². The second-order valence-corrected chi connectivity index (χ2v) is 7.55. The summed E-state index contributed by atoms with van der Waals surface area (Å²) in [5.74, 6) is 0.0787. The molecule has 1 fully saturated rings. The number of morpholine rings is 1. The summed E-state index contributed by atoms with van der Waals surface area (Å²) in [6.07, 6.45) is 0.950. The molecule has 0 bridgehead atoms. The summed E-state index contributed by atoms with van der Waals surface area (Å²) in [6, 6.07) is -0.0115. The first kappa shape index (κ1) is 15.9. The Morgan fingerprint density at radius 3 is 2.72 bits per heavy atom. The molecule has 1 N–H and O–H groups in total. The van der Waals surface area contributed by atoms with E-state index in [1.165, 1.54) is 6.92 Å². The highest BCUT2D eigenvalue weighted by molar-refractivity contribution is 7.91. The minimum absolute atomic E-state index is 0.0115. The standard InChI is InChI=1S/C12H24FNO3S/c1-3-7-18(15,16)8-4-12(2,13)9-11-10-17-6-5-14-11/h11,14H,3-10H2,1-2H3. The third kappa shape index (κ3) is 6.11. The number of halogens is 1. The smallest absolute Gasteiger partial charge is 0.150 e. The lowest BCUT2D eigenvalue weighted by Crippen LogP contribution is -2.45. The van der Waals surface area contributed by atoms with Gasteiger partial charge in [0.1, 0.15) is 15.5 Å². The Labute approximate surface area is 109 Å². The highest BCUT2D eigenvalue weighted by Crippen LogP contribution is 2.24. The average molecular weight is 281 g/mol. The van der Waals surface area contributed by atoms with E-state index in [9.17, 15) is 12.8 Å². The van der Waals surface area contributed by atoms with Crippen molar-refractivity contribution in [2.45, 2.75) is 44.8 Å². The van der Waals surface area contributed by atoms with Gasteiger partial charge in [-0.1, -0.05) is 6.92 Å². The SMILES string of the molecule is CCCS(=O)(=O)CCC(C)(F)CC1COCCN1. The van der Waals surface area contributed by atoms with Gasteiger partial charge in [0, 0.05) is 18.3 Å². The molecule has 4 nitrogen and oxygen atoms in total. The lowest BCUT2D eigenvalue weighted by atomic mass is 9.96. The largest absolute Gasteiger partial charge is 0.379 e.